The smallest absolute Gasteiger partial charge is 0.210 e. The summed E-state index contributed by atoms with van der Waals surface area (Å²) in [6.07, 6.45) is 7.74. The molecule has 0 aliphatic carbocycles. The Bertz CT molecular complexity index is 214. The zero-order valence-electron chi connectivity index (χ0n) is 9.69. The van der Waals surface area contributed by atoms with Gasteiger partial charge in [-0.2, -0.15) is 0 Å². The van der Waals surface area contributed by atoms with Gasteiger partial charge in [-0.3, -0.25) is 9.69 Å². The molecule has 0 N–H and O–H groups in total. The van der Waals surface area contributed by atoms with Crippen molar-refractivity contribution in [3.05, 3.63) is 0 Å². The van der Waals surface area contributed by atoms with E-state index in [9.17, 15) is 4.79 Å². The molecule has 3 heteroatoms. The van der Waals surface area contributed by atoms with Crippen molar-refractivity contribution in [2.24, 2.45) is 5.92 Å². The van der Waals surface area contributed by atoms with Crippen LogP contribution in [0.25, 0.3) is 0 Å². The zero-order chi connectivity index (χ0) is 10.7. The molecule has 0 bridgehead atoms. The van der Waals surface area contributed by atoms with Gasteiger partial charge in [0.15, 0.2) is 0 Å². The van der Waals surface area contributed by atoms with Crippen molar-refractivity contribution < 1.29 is 4.79 Å². The molecule has 2 rings (SSSR count). The fourth-order valence-electron chi connectivity index (χ4n) is 2.83. The highest BCUT2D eigenvalue weighted by Gasteiger charge is 2.30. The van der Waals surface area contributed by atoms with E-state index in [2.05, 4.69) is 11.8 Å². The molecule has 0 aromatic heterocycles. The Labute approximate surface area is 92.4 Å². The Morgan fingerprint density at radius 2 is 1.87 bits per heavy atom. The van der Waals surface area contributed by atoms with Crippen molar-refractivity contribution in [1.29, 1.82) is 0 Å². The maximum absolute atomic E-state index is 11.0. The van der Waals surface area contributed by atoms with Crippen molar-refractivity contribution in [1.82, 2.24) is 9.80 Å². The Kier molecular flexibility index (Phi) is 3.62. The molecule has 2 atom stereocenters. The average Bonchev–Trinajstić information content (AvgIpc) is 2.30. The van der Waals surface area contributed by atoms with Gasteiger partial charge in [0, 0.05) is 19.6 Å². The Morgan fingerprint density at radius 1 is 1.13 bits per heavy atom. The van der Waals surface area contributed by atoms with E-state index < -0.39 is 0 Å². The minimum atomic E-state index is 0.395. The average molecular weight is 210 g/mol. The standard InChI is InChI=1S/C12H22N2O/c1-11-5-8-14(10-15)12(9-11)13-6-3-2-4-7-13/h10-12H,2-9H2,1H3. The lowest BCUT2D eigenvalue weighted by molar-refractivity contribution is -0.128. The first-order chi connectivity index (χ1) is 7.31. The summed E-state index contributed by atoms with van der Waals surface area (Å²) < 4.78 is 0. The summed E-state index contributed by atoms with van der Waals surface area (Å²) in [5, 5.41) is 0. The number of likely N-dealkylation sites (tertiary alicyclic amines) is 2. The van der Waals surface area contributed by atoms with E-state index in [1.54, 1.807) is 0 Å². The number of carbonyl (C=O) groups is 1. The lowest BCUT2D eigenvalue weighted by Gasteiger charge is -2.44. The molecule has 2 aliphatic heterocycles. The second-order valence-corrected chi connectivity index (χ2v) is 5.05. The van der Waals surface area contributed by atoms with Crippen LogP contribution in [0.4, 0.5) is 0 Å². The molecule has 2 unspecified atom stereocenters. The molecule has 2 fully saturated rings. The van der Waals surface area contributed by atoms with E-state index in [1.165, 1.54) is 45.2 Å². The first kappa shape index (κ1) is 10.9. The van der Waals surface area contributed by atoms with E-state index >= 15 is 0 Å². The minimum absolute atomic E-state index is 0.395. The summed E-state index contributed by atoms with van der Waals surface area (Å²) in [6.45, 7) is 5.62. The SMILES string of the molecule is CC1CCN(C=O)C(N2CCCCC2)C1. The summed E-state index contributed by atoms with van der Waals surface area (Å²) in [4.78, 5) is 15.5. The molecule has 3 nitrogen and oxygen atoms in total. The molecular weight excluding hydrogens is 188 g/mol. The second-order valence-electron chi connectivity index (χ2n) is 5.05. The van der Waals surface area contributed by atoms with Gasteiger partial charge < -0.3 is 4.90 Å². The third-order valence-electron chi connectivity index (χ3n) is 3.82. The highest BCUT2D eigenvalue weighted by atomic mass is 16.1. The van der Waals surface area contributed by atoms with Crippen molar-refractivity contribution >= 4 is 6.41 Å². The van der Waals surface area contributed by atoms with Crippen LogP contribution < -0.4 is 0 Å². The highest BCUT2D eigenvalue weighted by Crippen LogP contribution is 2.25. The molecular formula is C12H22N2O. The largest absolute Gasteiger partial charge is 0.329 e. The maximum Gasteiger partial charge on any atom is 0.210 e. The third kappa shape index (κ3) is 2.51. The van der Waals surface area contributed by atoms with Gasteiger partial charge in [-0.05, 0) is 31.6 Å². The monoisotopic (exact) mass is 210 g/mol. The first-order valence-electron chi connectivity index (χ1n) is 6.26. The molecule has 2 aliphatic rings. The number of rotatable bonds is 2. The van der Waals surface area contributed by atoms with Crippen LogP contribution in [-0.2, 0) is 4.79 Å². The van der Waals surface area contributed by atoms with E-state index in [0.717, 1.165) is 18.9 Å². The summed E-state index contributed by atoms with van der Waals surface area (Å²) in [5.41, 5.74) is 0. The summed E-state index contributed by atoms with van der Waals surface area (Å²) in [6, 6.07) is 0. The number of nitrogens with zero attached hydrogens (tertiary/aromatic N) is 2. The van der Waals surface area contributed by atoms with Gasteiger partial charge in [0.25, 0.3) is 0 Å². The van der Waals surface area contributed by atoms with Crippen LogP contribution >= 0.6 is 0 Å². The van der Waals surface area contributed by atoms with Crippen LogP contribution in [0.2, 0.25) is 0 Å². The second kappa shape index (κ2) is 4.97. The predicted octanol–water partition coefficient (Wildman–Crippen LogP) is 1.69. The van der Waals surface area contributed by atoms with Crippen molar-refractivity contribution in [2.75, 3.05) is 19.6 Å². The molecule has 0 saturated carbocycles. The highest BCUT2D eigenvalue weighted by molar-refractivity contribution is 5.47. The van der Waals surface area contributed by atoms with E-state index in [4.69, 9.17) is 0 Å². The topological polar surface area (TPSA) is 23.6 Å². The van der Waals surface area contributed by atoms with Gasteiger partial charge >= 0.3 is 0 Å². The number of piperidine rings is 2. The number of hydrogen-bond donors (Lipinski definition) is 0. The predicted molar refractivity (Wildman–Crippen MR) is 60.4 cm³/mol. The van der Waals surface area contributed by atoms with E-state index in [-0.39, 0.29) is 0 Å². The molecule has 0 radical (unpaired) electrons. The molecule has 15 heavy (non-hydrogen) atoms. The van der Waals surface area contributed by atoms with Crippen LogP contribution in [0.5, 0.6) is 0 Å². The lowest BCUT2D eigenvalue weighted by Crippen LogP contribution is -2.53. The summed E-state index contributed by atoms with van der Waals surface area (Å²) in [5.74, 6) is 0.771. The fourth-order valence-corrected chi connectivity index (χ4v) is 2.83. The fraction of sp³-hybridized carbons (Fsp3) is 0.917. The van der Waals surface area contributed by atoms with Gasteiger partial charge in [0.1, 0.15) is 0 Å². The van der Waals surface area contributed by atoms with Crippen LogP contribution in [0.15, 0.2) is 0 Å². The maximum atomic E-state index is 11.0. The van der Waals surface area contributed by atoms with Crippen molar-refractivity contribution in [3.8, 4) is 0 Å². The normalized spacial score (nSPS) is 34.1. The number of hydrogen-bond acceptors (Lipinski definition) is 2. The first-order valence-corrected chi connectivity index (χ1v) is 6.26. The Hall–Kier alpha value is -0.570. The molecule has 0 aromatic carbocycles. The van der Waals surface area contributed by atoms with Gasteiger partial charge in [-0.1, -0.05) is 13.3 Å². The van der Waals surface area contributed by atoms with Crippen molar-refractivity contribution in [3.63, 3.8) is 0 Å². The Balaban J connectivity index is 1.98. The number of carbonyl (C=O) groups excluding carboxylic acids is 1. The molecule has 2 heterocycles. The lowest BCUT2D eigenvalue weighted by atomic mass is 9.95. The van der Waals surface area contributed by atoms with E-state index in [1.807, 2.05) is 4.90 Å². The molecule has 0 aromatic rings. The van der Waals surface area contributed by atoms with Gasteiger partial charge in [0.2, 0.25) is 6.41 Å². The van der Waals surface area contributed by atoms with Crippen LogP contribution in [0.1, 0.15) is 39.0 Å². The zero-order valence-corrected chi connectivity index (χ0v) is 9.69. The summed E-state index contributed by atoms with van der Waals surface area (Å²) in [7, 11) is 0. The molecule has 1 amide bonds. The third-order valence-corrected chi connectivity index (χ3v) is 3.82. The van der Waals surface area contributed by atoms with Gasteiger partial charge in [0.05, 0.1) is 6.17 Å². The van der Waals surface area contributed by atoms with E-state index in [0.29, 0.717) is 6.17 Å². The minimum Gasteiger partial charge on any atom is -0.329 e. The van der Waals surface area contributed by atoms with Crippen LogP contribution in [0.3, 0.4) is 0 Å². The van der Waals surface area contributed by atoms with Gasteiger partial charge in [-0.15, -0.1) is 0 Å². The molecule has 2 saturated heterocycles. The molecule has 86 valence electrons. The van der Waals surface area contributed by atoms with Gasteiger partial charge in [-0.25, -0.2) is 0 Å². The number of amides is 1. The van der Waals surface area contributed by atoms with Crippen LogP contribution in [0, 0.1) is 5.92 Å². The van der Waals surface area contributed by atoms with Crippen LogP contribution in [-0.4, -0.2) is 42.0 Å². The molecule has 0 spiro atoms. The quantitative estimate of drug-likeness (QED) is 0.647. The summed E-state index contributed by atoms with van der Waals surface area (Å²) >= 11 is 0. The Morgan fingerprint density at radius 3 is 2.53 bits per heavy atom. The van der Waals surface area contributed by atoms with Crippen molar-refractivity contribution in [2.45, 2.75) is 45.2 Å².